The molecule has 1 heterocycles. The number of aliphatic hydroxyl groups is 1. The van der Waals surface area contributed by atoms with Gasteiger partial charge in [-0.15, -0.1) is 0 Å². The molecule has 0 unspecified atom stereocenters. The molecule has 0 aliphatic rings. The van der Waals surface area contributed by atoms with Gasteiger partial charge in [0.25, 0.3) is 0 Å². The van der Waals surface area contributed by atoms with Gasteiger partial charge in [-0.25, -0.2) is 4.98 Å². The van der Waals surface area contributed by atoms with Crippen LogP contribution in [0.15, 0.2) is 48.7 Å². The second kappa shape index (κ2) is 6.97. The minimum Gasteiger partial charge on any atom is -0.491 e. The molecule has 0 fully saturated rings. The Hall–Kier alpha value is -1.78. The molecule has 0 saturated heterocycles. The second-order valence-electron chi connectivity index (χ2n) is 4.01. The summed E-state index contributed by atoms with van der Waals surface area (Å²) in [5.74, 6) is 1.41. The molecule has 0 bridgehead atoms. The molecule has 0 radical (unpaired) electrons. The van der Waals surface area contributed by atoms with Gasteiger partial charge in [-0.1, -0.05) is 17.7 Å². The van der Waals surface area contributed by atoms with Gasteiger partial charge < -0.3 is 15.2 Å². The summed E-state index contributed by atoms with van der Waals surface area (Å²) in [5, 5.41) is 13.5. The number of hydrogen-bond donors (Lipinski definition) is 2. The third-order valence-corrected chi connectivity index (χ3v) is 2.69. The van der Waals surface area contributed by atoms with Crippen LogP contribution < -0.4 is 10.1 Å². The first-order chi connectivity index (χ1) is 9.24. The molecule has 5 heteroatoms. The van der Waals surface area contributed by atoms with Gasteiger partial charge in [-0.2, -0.15) is 0 Å². The molecule has 1 aromatic heterocycles. The van der Waals surface area contributed by atoms with E-state index in [9.17, 15) is 5.11 Å². The highest BCUT2D eigenvalue weighted by Crippen LogP contribution is 2.15. The summed E-state index contributed by atoms with van der Waals surface area (Å²) in [7, 11) is 0. The lowest BCUT2D eigenvalue weighted by atomic mass is 10.3. The van der Waals surface area contributed by atoms with Gasteiger partial charge in [0.05, 0.1) is 0 Å². The molecule has 100 valence electrons. The third kappa shape index (κ3) is 4.77. The molecule has 0 amide bonds. The molecule has 0 saturated carbocycles. The maximum Gasteiger partial charge on any atom is 0.125 e. The average molecular weight is 279 g/mol. The van der Waals surface area contributed by atoms with Crippen molar-refractivity contribution in [3.63, 3.8) is 0 Å². The summed E-state index contributed by atoms with van der Waals surface area (Å²) in [4.78, 5) is 4.10. The zero-order valence-electron chi connectivity index (χ0n) is 10.3. The number of anilines is 1. The zero-order chi connectivity index (χ0) is 13.5. The minimum atomic E-state index is -0.613. The smallest absolute Gasteiger partial charge is 0.125 e. The summed E-state index contributed by atoms with van der Waals surface area (Å²) >= 11 is 5.77. The highest BCUT2D eigenvalue weighted by atomic mass is 35.5. The summed E-state index contributed by atoms with van der Waals surface area (Å²) in [6, 6.07) is 12.6. The average Bonchev–Trinajstić information content (AvgIpc) is 2.45. The lowest BCUT2D eigenvalue weighted by molar-refractivity contribution is 0.117. The van der Waals surface area contributed by atoms with Crippen LogP contribution in [0.4, 0.5) is 5.82 Å². The first-order valence-electron chi connectivity index (χ1n) is 5.95. The quantitative estimate of drug-likeness (QED) is 0.853. The van der Waals surface area contributed by atoms with Crippen molar-refractivity contribution >= 4 is 17.4 Å². The molecular formula is C14H15ClN2O2. The van der Waals surface area contributed by atoms with Crippen molar-refractivity contribution in [1.29, 1.82) is 0 Å². The number of halogens is 1. The Morgan fingerprint density at radius 1 is 1.21 bits per heavy atom. The largest absolute Gasteiger partial charge is 0.491 e. The van der Waals surface area contributed by atoms with E-state index >= 15 is 0 Å². The molecule has 0 spiro atoms. The van der Waals surface area contributed by atoms with Crippen LogP contribution in [-0.4, -0.2) is 29.3 Å². The lowest BCUT2D eigenvalue weighted by Gasteiger charge is -2.13. The Balaban J connectivity index is 1.72. The number of hydrogen-bond acceptors (Lipinski definition) is 4. The van der Waals surface area contributed by atoms with Crippen molar-refractivity contribution in [3.8, 4) is 5.75 Å². The number of aliphatic hydroxyl groups excluding tert-OH is 1. The van der Waals surface area contributed by atoms with E-state index in [1.54, 1.807) is 30.5 Å². The lowest BCUT2D eigenvalue weighted by Crippen LogP contribution is -2.26. The van der Waals surface area contributed by atoms with Gasteiger partial charge in [-0.3, -0.25) is 0 Å². The van der Waals surface area contributed by atoms with Gasteiger partial charge in [0.2, 0.25) is 0 Å². The minimum absolute atomic E-state index is 0.210. The van der Waals surface area contributed by atoms with Crippen molar-refractivity contribution in [2.45, 2.75) is 6.10 Å². The number of nitrogens with one attached hydrogen (secondary N) is 1. The van der Waals surface area contributed by atoms with Crippen molar-refractivity contribution in [2.24, 2.45) is 0 Å². The number of ether oxygens (including phenoxy) is 1. The Kier molecular flexibility index (Phi) is 5.01. The first-order valence-corrected chi connectivity index (χ1v) is 6.33. The summed E-state index contributed by atoms with van der Waals surface area (Å²) in [6.45, 7) is 0.589. The summed E-state index contributed by atoms with van der Waals surface area (Å²) in [5.41, 5.74) is 0. The van der Waals surface area contributed by atoms with Crippen LogP contribution in [0, 0.1) is 0 Å². The van der Waals surface area contributed by atoms with E-state index in [0.29, 0.717) is 17.3 Å². The van der Waals surface area contributed by atoms with Gasteiger partial charge in [0.15, 0.2) is 0 Å². The van der Waals surface area contributed by atoms with E-state index in [1.807, 2.05) is 18.2 Å². The number of nitrogens with zero attached hydrogens (tertiary/aromatic N) is 1. The van der Waals surface area contributed by atoms with Gasteiger partial charge in [0.1, 0.15) is 24.3 Å². The predicted octanol–water partition coefficient (Wildman–Crippen LogP) is 2.59. The topological polar surface area (TPSA) is 54.4 Å². The van der Waals surface area contributed by atoms with Crippen LogP contribution >= 0.6 is 11.6 Å². The van der Waals surface area contributed by atoms with E-state index in [2.05, 4.69) is 10.3 Å². The Bertz CT molecular complexity index is 491. The van der Waals surface area contributed by atoms with Gasteiger partial charge in [-0.05, 0) is 36.4 Å². The van der Waals surface area contributed by atoms with Crippen LogP contribution in [0.1, 0.15) is 0 Å². The van der Waals surface area contributed by atoms with Crippen LogP contribution in [0.25, 0.3) is 0 Å². The Morgan fingerprint density at radius 2 is 2.00 bits per heavy atom. The van der Waals surface area contributed by atoms with Crippen molar-refractivity contribution in [2.75, 3.05) is 18.5 Å². The number of rotatable bonds is 6. The SMILES string of the molecule is O[C@@H](CNc1ccccn1)COc1ccc(Cl)cc1. The molecule has 1 aromatic carbocycles. The summed E-state index contributed by atoms with van der Waals surface area (Å²) < 4.78 is 5.44. The van der Waals surface area contributed by atoms with Crippen LogP contribution in [0.3, 0.4) is 0 Å². The summed E-state index contributed by atoms with van der Waals surface area (Å²) in [6.07, 6.45) is 1.08. The Labute approximate surface area is 117 Å². The zero-order valence-corrected chi connectivity index (χ0v) is 11.0. The third-order valence-electron chi connectivity index (χ3n) is 2.44. The highest BCUT2D eigenvalue weighted by molar-refractivity contribution is 6.30. The van der Waals surface area contributed by atoms with Crippen LogP contribution in [0.5, 0.6) is 5.75 Å². The maximum absolute atomic E-state index is 9.79. The van der Waals surface area contributed by atoms with E-state index in [-0.39, 0.29) is 6.61 Å². The molecular weight excluding hydrogens is 264 g/mol. The monoisotopic (exact) mass is 278 g/mol. The molecule has 19 heavy (non-hydrogen) atoms. The first kappa shape index (κ1) is 13.6. The van der Waals surface area contributed by atoms with E-state index in [4.69, 9.17) is 16.3 Å². The maximum atomic E-state index is 9.79. The Morgan fingerprint density at radius 3 is 2.68 bits per heavy atom. The fourth-order valence-electron chi connectivity index (χ4n) is 1.47. The molecule has 2 rings (SSSR count). The number of aromatic nitrogens is 1. The number of benzene rings is 1. The molecule has 2 aromatic rings. The van der Waals surface area contributed by atoms with Crippen LogP contribution in [0.2, 0.25) is 5.02 Å². The molecule has 0 aliphatic heterocycles. The normalized spacial score (nSPS) is 11.9. The standard InChI is InChI=1S/C14H15ClN2O2/c15-11-4-6-13(7-5-11)19-10-12(18)9-17-14-3-1-2-8-16-14/h1-8,12,18H,9-10H2,(H,16,17)/t12-/m0/s1. The van der Waals surface area contributed by atoms with E-state index < -0.39 is 6.10 Å². The van der Waals surface area contributed by atoms with Crippen molar-refractivity contribution < 1.29 is 9.84 Å². The van der Waals surface area contributed by atoms with Crippen molar-refractivity contribution in [1.82, 2.24) is 4.98 Å². The number of pyridine rings is 1. The van der Waals surface area contributed by atoms with Crippen molar-refractivity contribution in [3.05, 3.63) is 53.7 Å². The highest BCUT2D eigenvalue weighted by Gasteiger charge is 2.05. The molecule has 1 atom stereocenters. The second-order valence-corrected chi connectivity index (χ2v) is 4.45. The predicted molar refractivity (Wildman–Crippen MR) is 75.7 cm³/mol. The molecule has 2 N–H and O–H groups in total. The van der Waals surface area contributed by atoms with E-state index in [1.165, 1.54) is 0 Å². The fourth-order valence-corrected chi connectivity index (χ4v) is 1.60. The molecule has 0 aliphatic carbocycles. The van der Waals surface area contributed by atoms with Gasteiger partial charge >= 0.3 is 0 Å². The van der Waals surface area contributed by atoms with Crippen LogP contribution in [-0.2, 0) is 0 Å². The van der Waals surface area contributed by atoms with E-state index in [0.717, 1.165) is 5.82 Å². The fraction of sp³-hybridized carbons (Fsp3) is 0.214. The van der Waals surface area contributed by atoms with Gasteiger partial charge in [0, 0.05) is 17.8 Å². The molecule has 4 nitrogen and oxygen atoms in total.